The highest BCUT2D eigenvalue weighted by Crippen LogP contribution is 1.99. The average molecular weight is 405 g/mol. The molecule has 0 unspecified atom stereocenters. The van der Waals surface area contributed by atoms with Crippen molar-refractivity contribution in [3.63, 3.8) is 0 Å². The predicted molar refractivity (Wildman–Crippen MR) is 116 cm³/mol. The molecule has 0 aromatic heterocycles. The van der Waals surface area contributed by atoms with Crippen LogP contribution in [0.15, 0.2) is 0 Å². The molecule has 0 aliphatic rings. The normalized spacial score (nSPS) is 13.5. The first-order valence-electron chi connectivity index (χ1n) is 7.42. The van der Waals surface area contributed by atoms with E-state index in [1.54, 1.807) is 0 Å². The lowest BCUT2D eigenvalue weighted by atomic mass is 11.8. The molecular formula is C10H40O3Si7. The van der Waals surface area contributed by atoms with E-state index in [2.05, 4.69) is 65.5 Å². The molecule has 0 aromatic carbocycles. The van der Waals surface area contributed by atoms with Gasteiger partial charge in [0.1, 0.15) is 30.3 Å². The first-order chi connectivity index (χ1) is 8.68. The summed E-state index contributed by atoms with van der Waals surface area (Å²) in [4.78, 5) is 0. The van der Waals surface area contributed by atoms with Gasteiger partial charge in [-0.15, -0.1) is 0 Å². The molecule has 0 aliphatic heterocycles. The number of rotatable bonds is 5. The van der Waals surface area contributed by atoms with Gasteiger partial charge in [-0.1, -0.05) is 6.55 Å². The van der Waals surface area contributed by atoms with Gasteiger partial charge in [-0.05, 0) is 58.9 Å². The minimum Gasteiger partial charge on any atom is -0.464 e. The second kappa shape index (κ2) is 12.9. The minimum absolute atomic E-state index is 0.0181. The summed E-state index contributed by atoms with van der Waals surface area (Å²) >= 11 is 0. The highest BCUT2D eigenvalue weighted by atomic mass is 29.2. The molecule has 0 heterocycles. The van der Waals surface area contributed by atoms with E-state index in [-0.39, 0.29) is 18.3 Å². The van der Waals surface area contributed by atoms with Gasteiger partial charge in [0, 0.05) is 9.04 Å². The van der Waals surface area contributed by atoms with Crippen molar-refractivity contribution in [1.82, 2.24) is 0 Å². The molecule has 3 nitrogen and oxygen atoms in total. The summed E-state index contributed by atoms with van der Waals surface area (Å²) in [5.41, 5.74) is 0. The van der Waals surface area contributed by atoms with Gasteiger partial charge in [-0.25, -0.2) is 0 Å². The third-order valence-corrected chi connectivity index (χ3v) is 19.5. The smallest absolute Gasteiger partial charge is 0.169 e. The molecule has 0 saturated carbocycles. The summed E-state index contributed by atoms with van der Waals surface area (Å²) in [5.74, 6) is 0. The molecule has 0 radical (unpaired) electrons. The van der Waals surface area contributed by atoms with E-state index in [1.165, 1.54) is 0 Å². The largest absolute Gasteiger partial charge is 0.464 e. The second-order valence-corrected chi connectivity index (χ2v) is 30.3. The minimum atomic E-state index is -1.08. The molecule has 0 aromatic rings. The van der Waals surface area contributed by atoms with E-state index in [1.807, 2.05) is 0 Å². The molecule has 0 rings (SSSR count). The van der Waals surface area contributed by atoms with E-state index >= 15 is 0 Å². The Morgan fingerprint density at radius 2 is 0.900 bits per heavy atom. The predicted octanol–water partition coefficient (Wildman–Crippen LogP) is 0.290. The molecule has 0 bridgehead atoms. The molecule has 0 saturated heterocycles. The van der Waals surface area contributed by atoms with Gasteiger partial charge >= 0.3 is 0 Å². The van der Waals surface area contributed by atoms with E-state index in [0.29, 0.717) is 0 Å². The summed E-state index contributed by atoms with van der Waals surface area (Å²) in [5, 5.41) is 0. The van der Waals surface area contributed by atoms with Gasteiger partial charge in [0.15, 0.2) is 25.0 Å². The van der Waals surface area contributed by atoms with Crippen molar-refractivity contribution in [3.05, 3.63) is 0 Å². The summed E-state index contributed by atoms with van der Waals surface area (Å²) in [6.07, 6.45) is 0. The Morgan fingerprint density at radius 1 is 0.650 bits per heavy atom. The van der Waals surface area contributed by atoms with Gasteiger partial charge in [0.25, 0.3) is 0 Å². The Kier molecular flexibility index (Phi) is 17.0. The highest BCUT2D eigenvalue weighted by Gasteiger charge is 2.11. The summed E-state index contributed by atoms with van der Waals surface area (Å²) in [7, 11) is -1.10. The fourth-order valence-corrected chi connectivity index (χ4v) is 11.0. The molecular weight excluding hydrogens is 365 g/mol. The fraction of sp³-hybridized carbons (Fsp3) is 1.00. The fourth-order valence-electron chi connectivity index (χ4n) is 0.408. The first kappa shape index (κ1) is 26.3. The van der Waals surface area contributed by atoms with Crippen molar-refractivity contribution in [3.8, 4) is 0 Å². The Morgan fingerprint density at radius 3 is 0.950 bits per heavy atom. The average Bonchev–Trinajstić information content (AvgIpc) is 2.25. The van der Waals surface area contributed by atoms with Crippen molar-refractivity contribution < 1.29 is 12.3 Å². The number of hydrogen-bond acceptors (Lipinski definition) is 3. The molecule has 126 valence electrons. The maximum absolute atomic E-state index is 5.72. The topological polar surface area (TPSA) is 27.7 Å². The van der Waals surface area contributed by atoms with Crippen LogP contribution in [0.1, 0.15) is 0 Å². The zero-order valence-electron chi connectivity index (χ0n) is 16.1. The highest BCUT2D eigenvalue weighted by molar-refractivity contribution is 7.00. The van der Waals surface area contributed by atoms with Gasteiger partial charge in [-0.3, -0.25) is 0 Å². The van der Waals surface area contributed by atoms with Crippen LogP contribution in [0.5, 0.6) is 0 Å². The van der Waals surface area contributed by atoms with Crippen LogP contribution >= 0.6 is 0 Å². The van der Waals surface area contributed by atoms with Crippen LogP contribution in [0.3, 0.4) is 0 Å². The van der Waals surface area contributed by atoms with E-state index in [4.69, 9.17) is 12.3 Å². The zero-order valence-corrected chi connectivity index (χ0v) is 26.0. The lowest BCUT2D eigenvalue weighted by Gasteiger charge is -2.16. The Bertz CT molecular complexity index is 194. The summed E-state index contributed by atoms with van der Waals surface area (Å²) < 4.78 is 16.1. The Hall–Kier alpha value is 1.40. The van der Waals surface area contributed by atoms with Crippen molar-refractivity contribution in [2.75, 3.05) is 0 Å². The molecule has 0 spiro atoms. The van der Waals surface area contributed by atoms with Crippen molar-refractivity contribution in [2.45, 2.75) is 65.5 Å². The quantitative estimate of drug-likeness (QED) is 0.616. The zero-order chi connectivity index (χ0) is 17.0. The summed E-state index contributed by atoms with van der Waals surface area (Å²) in [6.45, 7) is 22.3. The van der Waals surface area contributed by atoms with Gasteiger partial charge in [0.05, 0.1) is 0 Å². The lowest BCUT2D eigenvalue weighted by molar-refractivity contribution is 0.612. The monoisotopic (exact) mass is 404 g/mol. The van der Waals surface area contributed by atoms with Crippen molar-refractivity contribution in [2.24, 2.45) is 0 Å². The third kappa shape index (κ3) is 42.7. The van der Waals surface area contributed by atoms with Gasteiger partial charge in [0.2, 0.25) is 0 Å². The Labute approximate surface area is 142 Å². The van der Waals surface area contributed by atoms with Crippen LogP contribution < -0.4 is 0 Å². The van der Waals surface area contributed by atoms with E-state index in [0.717, 1.165) is 21.0 Å². The van der Waals surface area contributed by atoms with Crippen LogP contribution in [0.4, 0.5) is 0 Å². The molecule has 0 aliphatic carbocycles. The molecule has 0 N–H and O–H groups in total. The third-order valence-electron chi connectivity index (χ3n) is 1.96. The van der Waals surface area contributed by atoms with Gasteiger partial charge < -0.3 is 12.3 Å². The standard InChI is InChI=1S/C4H16OSi3.2C3H12OSi2/c1-6-7-5-8(2,3)4;2*1-6(2,3)4-5/h6-7H2,1-4H3;2*1-3,5H3. The maximum Gasteiger partial charge on any atom is 0.169 e. The summed E-state index contributed by atoms with van der Waals surface area (Å²) in [6, 6.07) is 0. The van der Waals surface area contributed by atoms with Crippen LogP contribution in [-0.2, 0) is 12.3 Å². The molecule has 0 fully saturated rings. The maximum atomic E-state index is 5.72. The molecule has 0 amide bonds. The second-order valence-electron chi connectivity index (χ2n) is 7.59. The van der Waals surface area contributed by atoms with Crippen LogP contribution in [-0.4, -0.2) is 64.2 Å². The van der Waals surface area contributed by atoms with Crippen LogP contribution in [0.25, 0.3) is 0 Å². The molecule has 20 heavy (non-hydrogen) atoms. The Balaban J connectivity index is -0.000000221. The SMILES string of the molecule is C[SiH2][SiH2]O[Si](C)(C)C.C[Si](C)(C)O[SiH3].C[Si](C)(C)O[SiH3]. The van der Waals surface area contributed by atoms with E-state index in [9.17, 15) is 0 Å². The van der Waals surface area contributed by atoms with Crippen LogP contribution in [0.2, 0.25) is 65.5 Å². The lowest BCUT2D eigenvalue weighted by Crippen LogP contribution is -2.29. The van der Waals surface area contributed by atoms with Crippen molar-refractivity contribution in [1.29, 1.82) is 0 Å². The first-order valence-corrected chi connectivity index (χ1v) is 25.3. The van der Waals surface area contributed by atoms with E-state index < -0.39 is 25.0 Å². The van der Waals surface area contributed by atoms with Crippen LogP contribution in [0, 0.1) is 0 Å². The molecule has 10 heteroatoms. The van der Waals surface area contributed by atoms with Crippen molar-refractivity contribution >= 4 is 64.2 Å². The van der Waals surface area contributed by atoms with Gasteiger partial charge in [-0.2, -0.15) is 0 Å². The number of hydrogen-bond donors (Lipinski definition) is 0. The molecule has 0 atom stereocenters.